The second-order valence-corrected chi connectivity index (χ2v) is 4.94. The highest BCUT2D eigenvalue weighted by molar-refractivity contribution is 5.98. The van der Waals surface area contributed by atoms with Crippen LogP contribution in [-0.4, -0.2) is 10.9 Å². The predicted molar refractivity (Wildman–Crippen MR) is 78.3 cm³/mol. The first kappa shape index (κ1) is 11.2. The van der Waals surface area contributed by atoms with Crippen LogP contribution in [0.15, 0.2) is 54.6 Å². The van der Waals surface area contributed by atoms with Gasteiger partial charge in [0.2, 0.25) is 0 Å². The Morgan fingerprint density at radius 3 is 2.85 bits per heavy atom. The molecule has 3 aromatic rings. The average Bonchev–Trinajstić information content (AvgIpc) is 2.88. The molecule has 0 spiro atoms. The van der Waals surface area contributed by atoms with Gasteiger partial charge in [-0.2, -0.15) is 0 Å². The number of para-hydroxylation sites is 1. The van der Waals surface area contributed by atoms with Crippen molar-refractivity contribution in [3.05, 3.63) is 65.7 Å². The van der Waals surface area contributed by atoms with Gasteiger partial charge in [-0.15, -0.1) is 0 Å². The van der Waals surface area contributed by atoms with E-state index in [1.54, 1.807) is 0 Å². The van der Waals surface area contributed by atoms with Gasteiger partial charge in [-0.05, 0) is 29.8 Å². The Balaban J connectivity index is 1.85. The van der Waals surface area contributed by atoms with Gasteiger partial charge in [0.15, 0.2) is 0 Å². The average molecular weight is 260 g/mol. The number of amides is 1. The molecule has 20 heavy (non-hydrogen) atoms. The van der Waals surface area contributed by atoms with E-state index in [9.17, 15) is 4.79 Å². The van der Waals surface area contributed by atoms with E-state index in [1.165, 1.54) is 0 Å². The van der Waals surface area contributed by atoms with Gasteiger partial charge in [0, 0.05) is 23.1 Å². The summed E-state index contributed by atoms with van der Waals surface area (Å²) >= 11 is 0. The molecule has 0 radical (unpaired) electrons. The summed E-state index contributed by atoms with van der Waals surface area (Å²) in [6.45, 7) is 0.607. The van der Waals surface area contributed by atoms with Gasteiger partial charge in [0.1, 0.15) is 0 Å². The van der Waals surface area contributed by atoms with Gasteiger partial charge in [-0.1, -0.05) is 30.3 Å². The Kier molecular flexibility index (Phi) is 2.33. The zero-order valence-corrected chi connectivity index (χ0v) is 10.8. The summed E-state index contributed by atoms with van der Waals surface area (Å²) in [6, 6.07) is 18.0. The van der Waals surface area contributed by atoms with E-state index >= 15 is 0 Å². The first-order valence-corrected chi connectivity index (χ1v) is 6.58. The largest absolute Gasteiger partial charge is 0.348 e. The minimum Gasteiger partial charge on any atom is -0.348 e. The molecule has 0 unspecified atom stereocenters. The van der Waals surface area contributed by atoms with Gasteiger partial charge < -0.3 is 5.32 Å². The zero-order valence-electron chi connectivity index (χ0n) is 10.8. The number of nitrogens with one attached hydrogen (secondary N) is 1. The normalized spacial score (nSPS) is 13.3. The number of rotatable bonds is 1. The van der Waals surface area contributed by atoms with Gasteiger partial charge in [0.25, 0.3) is 5.91 Å². The van der Waals surface area contributed by atoms with Crippen molar-refractivity contribution in [1.29, 1.82) is 0 Å². The SMILES string of the molecule is O=C1NCc2cc(-c3ccc4ccccc4n3)ccc21. The molecule has 2 aromatic carbocycles. The second-order valence-electron chi connectivity index (χ2n) is 4.94. The number of carbonyl (C=O) groups excluding carboxylic acids is 1. The Morgan fingerprint density at radius 2 is 1.90 bits per heavy atom. The number of hydrogen-bond acceptors (Lipinski definition) is 2. The number of nitrogens with zero attached hydrogens (tertiary/aromatic N) is 1. The molecule has 1 N–H and O–H groups in total. The summed E-state index contributed by atoms with van der Waals surface area (Å²) in [5.41, 5.74) is 4.79. The van der Waals surface area contributed by atoms with E-state index in [0.717, 1.165) is 33.3 Å². The Morgan fingerprint density at radius 1 is 1.00 bits per heavy atom. The second kappa shape index (κ2) is 4.17. The summed E-state index contributed by atoms with van der Waals surface area (Å²) in [7, 11) is 0. The molecule has 96 valence electrons. The van der Waals surface area contributed by atoms with Crippen LogP contribution in [0.4, 0.5) is 0 Å². The molecule has 0 fully saturated rings. The van der Waals surface area contributed by atoms with Crippen molar-refractivity contribution in [3.63, 3.8) is 0 Å². The molecule has 3 heteroatoms. The molecule has 1 aromatic heterocycles. The summed E-state index contributed by atoms with van der Waals surface area (Å²) < 4.78 is 0. The summed E-state index contributed by atoms with van der Waals surface area (Å²) in [5.74, 6) is 0.0121. The maximum absolute atomic E-state index is 11.6. The Labute approximate surface area is 116 Å². The van der Waals surface area contributed by atoms with Crippen LogP contribution in [0.25, 0.3) is 22.2 Å². The quantitative estimate of drug-likeness (QED) is 0.730. The van der Waals surface area contributed by atoms with E-state index in [1.807, 2.05) is 42.5 Å². The minimum atomic E-state index is 0.0121. The van der Waals surface area contributed by atoms with Crippen LogP contribution in [-0.2, 0) is 6.54 Å². The van der Waals surface area contributed by atoms with Crippen LogP contribution < -0.4 is 5.32 Å². The van der Waals surface area contributed by atoms with E-state index in [-0.39, 0.29) is 5.91 Å². The Bertz CT molecular complexity index is 839. The van der Waals surface area contributed by atoms with Crippen LogP contribution in [0.2, 0.25) is 0 Å². The topological polar surface area (TPSA) is 42.0 Å². The summed E-state index contributed by atoms with van der Waals surface area (Å²) in [5, 5.41) is 3.97. The van der Waals surface area contributed by atoms with Gasteiger partial charge in [-0.25, -0.2) is 4.98 Å². The van der Waals surface area contributed by atoms with Crippen LogP contribution in [0.3, 0.4) is 0 Å². The molecular weight excluding hydrogens is 248 g/mol. The summed E-state index contributed by atoms with van der Waals surface area (Å²) in [4.78, 5) is 16.2. The van der Waals surface area contributed by atoms with Crippen LogP contribution >= 0.6 is 0 Å². The number of carbonyl (C=O) groups is 1. The van der Waals surface area contributed by atoms with Gasteiger partial charge >= 0.3 is 0 Å². The maximum atomic E-state index is 11.6. The van der Waals surface area contributed by atoms with E-state index in [4.69, 9.17) is 0 Å². The fourth-order valence-electron chi connectivity index (χ4n) is 2.62. The molecule has 0 saturated carbocycles. The standard InChI is InChI=1S/C17H12N2O/c20-17-14-7-5-12(9-13(14)10-18-17)16-8-6-11-3-1-2-4-15(11)19-16/h1-9H,10H2,(H,18,20). The van der Waals surface area contributed by atoms with Crippen molar-refractivity contribution < 1.29 is 4.79 Å². The number of aromatic nitrogens is 1. The number of fused-ring (bicyclic) bond motifs is 2. The fraction of sp³-hybridized carbons (Fsp3) is 0.0588. The first-order valence-electron chi connectivity index (χ1n) is 6.58. The molecule has 2 heterocycles. The fourth-order valence-corrected chi connectivity index (χ4v) is 2.62. The maximum Gasteiger partial charge on any atom is 0.251 e. The molecule has 0 aliphatic carbocycles. The van der Waals surface area contributed by atoms with Crippen molar-refractivity contribution in [2.24, 2.45) is 0 Å². The number of pyridine rings is 1. The monoisotopic (exact) mass is 260 g/mol. The van der Waals surface area contributed by atoms with Crippen molar-refractivity contribution in [3.8, 4) is 11.3 Å². The molecule has 1 aliphatic rings. The van der Waals surface area contributed by atoms with E-state index < -0.39 is 0 Å². The van der Waals surface area contributed by atoms with Gasteiger partial charge in [-0.3, -0.25) is 4.79 Å². The molecule has 3 nitrogen and oxygen atoms in total. The number of benzene rings is 2. The zero-order chi connectivity index (χ0) is 13.5. The van der Waals surface area contributed by atoms with Crippen LogP contribution in [0, 0.1) is 0 Å². The lowest BCUT2D eigenvalue weighted by Crippen LogP contribution is -2.12. The lowest BCUT2D eigenvalue weighted by atomic mass is 10.0. The molecule has 0 saturated heterocycles. The lowest BCUT2D eigenvalue weighted by molar-refractivity contribution is 0.0966. The van der Waals surface area contributed by atoms with Crippen molar-refractivity contribution in [1.82, 2.24) is 10.3 Å². The van der Waals surface area contributed by atoms with Crippen LogP contribution in [0.5, 0.6) is 0 Å². The molecule has 1 aliphatic heterocycles. The van der Waals surface area contributed by atoms with Crippen molar-refractivity contribution in [2.45, 2.75) is 6.54 Å². The molecule has 0 atom stereocenters. The van der Waals surface area contributed by atoms with Gasteiger partial charge in [0.05, 0.1) is 11.2 Å². The smallest absolute Gasteiger partial charge is 0.251 e. The highest BCUT2D eigenvalue weighted by atomic mass is 16.1. The van der Waals surface area contributed by atoms with Crippen molar-refractivity contribution in [2.75, 3.05) is 0 Å². The highest BCUT2D eigenvalue weighted by Crippen LogP contribution is 2.25. The van der Waals surface area contributed by atoms with E-state index in [2.05, 4.69) is 22.4 Å². The molecule has 0 bridgehead atoms. The summed E-state index contributed by atoms with van der Waals surface area (Å²) in [6.07, 6.45) is 0. The lowest BCUT2D eigenvalue weighted by Gasteiger charge is -2.05. The molecule has 4 rings (SSSR count). The van der Waals surface area contributed by atoms with E-state index in [0.29, 0.717) is 6.54 Å². The van der Waals surface area contributed by atoms with Crippen LogP contribution in [0.1, 0.15) is 15.9 Å². The Hall–Kier alpha value is -2.68. The highest BCUT2D eigenvalue weighted by Gasteiger charge is 2.18. The third-order valence-corrected chi connectivity index (χ3v) is 3.68. The third-order valence-electron chi connectivity index (χ3n) is 3.68. The number of hydrogen-bond donors (Lipinski definition) is 1. The first-order chi connectivity index (χ1) is 9.81. The molecular formula is C17H12N2O. The van der Waals surface area contributed by atoms with Crippen molar-refractivity contribution >= 4 is 16.8 Å². The predicted octanol–water partition coefficient (Wildman–Crippen LogP) is 3.15. The third kappa shape index (κ3) is 1.67. The molecule has 1 amide bonds. The minimum absolute atomic E-state index is 0.0121.